The minimum atomic E-state index is 0.0130. The van der Waals surface area contributed by atoms with Crippen molar-refractivity contribution in [3.8, 4) is 0 Å². The Labute approximate surface area is 135 Å². The van der Waals surface area contributed by atoms with E-state index in [1.54, 1.807) is 18.5 Å². The SMILES string of the molecule is O=C(c1ccncn1)N1CC[C@@H]2CN(Cc3cccnc3)[C@@H]2C1. The van der Waals surface area contributed by atoms with Crippen LogP contribution in [0.3, 0.4) is 0 Å². The second kappa shape index (κ2) is 6.04. The molecule has 4 heterocycles. The number of likely N-dealkylation sites (tertiary alicyclic amines) is 2. The maximum Gasteiger partial charge on any atom is 0.272 e. The van der Waals surface area contributed by atoms with E-state index >= 15 is 0 Å². The molecule has 2 aromatic rings. The van der Waals surface area contributed by atoms with Crippen molar-refractivity contribution >= 4 is 5.91 Å². The van der Waals surface area contributed by atoms with Crippen LogP contribution in [0.2, 0.25) is 0 Å². The van der Waals surface area contributed by atoms with Crippen LogP contribution in [0.4, 0.5) is 0 Å². The van der Waals surface area contributed by atoms with E-state index in [1.807, 2.05) is 17.2 Å². The van der Waals surface area contributed by atoms with Gasteiger partial charge in [-0.1, -0.05) is 6.07 Å². The van der Waals surface area contributed by atoms with Gasteiger partial charge in [-0.15, -0.1) is 0 Å². The third-order valence-electron chi connectivity index (χ3n) is 4.86. The van der Waals surface area contributed by atoms with Gasteiger partial charge in [-0.25, -0.2) is 9.97 Å². The Kier molecular flexibility index (Phi) is 3.75. The number of pyridine rings is 1. The summed E-state index contributed by atoms with van der Waals surface area (Å²) in [6.45, 7) is 3.64. The van der Waals surface area contributed by atoms with Crippen molar-refractivity contribution in [2.75, 3.05) is 19.6 Å². The fourth-order valence-electron chi connectivity index (χ4n) is 3.58. The maximum absolute atomic E-state index is 12.5. The number of aromatic nitrogens is 3. The highest BCUT2D eigenvalue weighted by atomic mass is 16.2. The van der Waals surface area contributed by atoms with Crippen molar-refractivity contribution in [2.45, 2.75) is 19.0 Å². The van der Waals surface area contributed by atoms with Crippen LogP contribution >= 0.6 is 0 Å². The molecular weight excluding hydrogens is 290 g/mol. The van der Waals surface area contributed by atoms with E-state index in [2.05, 4.69) is 25.9 Å². The molecule has 1 amide bonds. The lowest BCUT2D eigenvalue weighted by molar-refractivity contribution is -0.0429. The number of carbonyl (C=O) groups excluding carboxylic acids is 1. The highest BCUT2D eigenvalue weighted by Gasteiger charge is 2.43. The molecule has 0 aliphatic carbocycles. The quantitative estimate of drug-likeness (QED) is 0.853. The van der Waals surface area contributed by atoms with Gasteiger partial charge in [-0.3, -0.25) is 14.7 Å². The van der Waals surface area contributed by atoms with Gasteiger partial charge in [0.05, 0.1) is 0 Å². The zero-order valence-electron chi connectivity index (χ0n) is 12.9. The largest absolute Gasteiger partial charge is 0.336 e. The first-order chi connectivity index (χ1) is 11.3. The number of hydrogen-bond acceptors (Lipinski definition) is 5. The molecule has 6 heteroatoms. The Bertz CT molecular complexity index is 678. The van der Waals surface area contributed by atoms with Gasteiger partial charge in [-0.05, 0) is 30.0 Å². The zero-order chi connectivity index (χ0) is 15.6. The molecule has 2 aliphatic heterocycles. The topological polar surface area (TPSA) is 62.2 Å². The van der Waals surface area contributed by atoms with E-state index in [9.17, 15) is 4.79 Å². The first-order valence-corrected chi connectivity index (χ1v) is 7.99. The number of amides is 1. The van der Waals surface area contributed by atoms with E-state index in [0.717, 1.165) is 32.6 Å². The minimum Gasteiger partial charge on any atom is -0.336 e. The molecule has 4 rings (SSSR count). The second-order valence-electron chi connectivity index (χ2n) is 6.25. The summed E-state index contributed by atoms with van der Waals surface area (Å²) in [5, 5.41) is 0. The first-order valence-electron chi connectivity index (χ1n) is 7.99. The Balaban J connectivity index is 1.41. The maximum atomic E-state index is 12.5. The van der Waals surface area contributed by atoms with E-state index in [-0.39, 0.29) is 5.91 Å². The van der Waals surface area contributed by atoms with Crippen molar-refractivity contribution in [3.63, 3.8) is 0 Å². The van der Waals surface area contributed by atoms with Gasteiger partial charge in [0.25, 0.3) is 5.91 Å². The number of rotatable bonds is 3. The fourth-order valence-corrected chi connectivity index (χ4v) is 3.58. The Morgan fingerprint density at radius 2 is 2.17 bits per heavy atom. The molecule has 0 aromatic carbocycles. The molecule has 0 radical (unpaired) electrons. The summed E-state index contributed by atoms with van der Waals surface area (Å²) >= 11 is 0. The van der Waals surface area contributed by atoms with Crippen LogP contribution in [0.5, 0.6) is 0 Å². The average Bonchev–Trinajstić information content (AvgIpc) is 2.61. The van der Waals surface area contributed by atoms with Gasteiger partial charge >= 0.3 is 0 Å². The predicted molar refractivity (Wildman–Crippen MR) is 84.5 cm³/mol. The Morgan fingerprint density at radius 1 is 1.22 bits per heavy atom. The third-order valence-corrected chi connectivity index (χ3v) is 4.86. The number of hydrogen-bond donors (Lipinski definition) is 0. The third kappa shape index (κ3) is 2.82. The number of carbonyl (C=O) groups is 1. The average molecular weight is 309 g/mol. The Hall–Kier alpha value is -2.34. The molecule has 2 fully saturated rings. The van der Waals surface area contributed by atoms with Crippen molar-refractivity contribution < 1.29 is 4.79 Å². The van der Waals surface area contributed by atoms with Crippen molar-refractivity contribution in [1.82, 2.24) is 24.8 Å². The predicted octanol–water partition coefficient (Wildman–Crippen LogP) is 1.22. The van der Waals surface area contributed by atoms with Gasteiger partial charge in [0, 0.05) is 50.8 Å². The highest BCUT2D eigenvalue weighted by Crippen LogP contribution is 2.33. The van der Waals surface area contributed by atoms with Crippen LogP contribution in [-0.2, 0) is 6.54 Å². The fraction of sp³-hybridized carbons (Fsp3) is 0.412. The van der Waals surface area contributed by atoms with E-state index in [0.29, 0.717) is 17.7 Å². The van der Waals surface area contributed by atoms with E-state index in [1.165, 1.54) is 11.9 Å². The van der Waals surface area contributed by atoms with Crippen molar-refractivity contribution in [2.24, 2.45) is 5.92 Å². The van der Waals surface area contributed by atoms with Crippen LogP contribution in [0.15, 0.2) is 43.1 Å². The molecule has 6 nitrogen and oxygen atoms in total. The normalized spacial score (nSPS) is 23.9. The lowest BCUT2D eigenvalue weighted by Gasteiger charge is -2.53. The van der Waals surface area contributed by atoms with Gasteiger partial charge in [0.15, 0.2) is 0 Å². The summed E-state index contributed by atoms with van der Waals surface area (Å²) in [6.07, 6.45) is 7.83. The van der Waals surface area contributed by atoms with E-state index in [4.69, 9.17) is 0 Å². The zero-order valence-corrected chi connectivity index (χ0v) is 12.9. The second-order valence-corrected chi connectivity index (χ2v) is 6.25. The summed E-state index contributed by atoms with van der Waals surface area (Å²) in [5.74, 6) is 0.722. The summed E-state index contributed by atoms with van der Waals surface area (Å²) < 4.78 is 0. The van der Waals surface area contributed by atoms with Crippen LogP contribution in [0, 0.1) is 5.92 Å². The molecule has 0 spiro atoms. The molecule has 2 atom stereocenters. The summed E-state index contributed by atoms with van der Waals surface area (Å²) in [7, 11) is 0. The lowest BCUT2D eigenvalue weighted by Crippen LogP contribution is -2.64. The molecule has 118 valence electrons. The molecule has 2 saturated heterocycles. The van der Waals surface area contributed by atoms with Crippen LogP contribution in [0.1, 0.15) is 22.5 Å². The highest BCUT2D eigenvalue weighted by molar-refractivity contribution is 5.92. The molecule has 0 unspecified atom stereocenters. The smallest absolute Gasteiger partial charge is 0.272 e. The van der Waals surface area contributed by atoms with Crippen LogP contribution in [-0.4, -0.2) is 56.3 Å². The molecule has 2 aromatic heterocycles. The molecule has 2 aliphatic rings. The molecule has 0 saturated carbocycles. The van der Waals surface area contributed by atoms with Gasteiger partial charge in [-0.2, -0.15) is 0 Å². The monoisotopic (exact) mass is 309 g/mol. The van der Waals surface area contributed by atoms with Gasteiger partial charge in [0.2, 0.25) is 0 Å². The summed E-state index contributed by atoms with van der Waals surface area (Å²) in [5.41, 5.74) is 1.71. The summed E-state index contributed by atoms with van der Waals surface area (Å²) in [6, 6.07) is 6.21. The first kappa shape index (κ1) is 14.3. The van der Waals surface area contributed by atoms with Crippen LogP contribution < -0.4 is 0 Å². The number of fused-ring (bicyclic) bond motifs is 1. The van der Waals surface area contributed by atoms with E-state index < -0.39 is 0 Å². The van der Waals surface area contributed by atoms with Gasteiger partial charge in [0.1, 0.15) is 12.0 Å². The van der Waals surface area contributed by atoms with Crippen molar-refractivity contribution in [3.05, 3.63) is 54.4 Å². The minimum absolute atomic E-state index is 0.0130. The van der Waals surface area contributed by atoms with Gasteiger partial charge < -0.3 is 4.90 Å². The number of piperidine rings is 1. The standard InChI is InChI=1S/C17H19N5O/c23-17(15-3-6-19-12-20-15)21-7-4-14-10-22(16(14)11-21)9-13-2-1-5-18-8-13/h1-3,5-6,8,12,14,16H,4,7,9-11H2/t14-,16-/m1/s1. The summed E-state index contributed by atoms with van der Waals surface area (Å²) in [4.78, 5) is 29.1. The van der Waals surface area contributed by atoms with Crippen molar-refractivity contribution in [1.29, 1.82) is 0 Å². The molecule has 23 heavy (non-hydrogen) atoms. The Morgan fingerprint density at radius 3 is 2.96 bits per heavy atom. The lowest BCUT2D eigenvalue weighted by atomic mass is 9.82. The molecule has 0 N–H and O–H groups in total. The van der Waals surface area contributed by atoms with Crippen LogP contribution in [0.25, 0.3) is 0 Å². The molecular formula is C17H19N5O. The number of nitrogens with zero attached hydrogens (tertiary/aromatic N) is 5. The molecule has 0 bridgehead atoms.